The third-order valence-electron chi connectivity index (χ3n) is 9.18. The lowest BCUT2D eigenvalue weighted by Crippen LogP contribution is -2.40. The molecule has 0 heterocycles. The quantitative estimate of drug-likeness (QED) is 0.216. The lowest BCUT2D eigenvalue weighted by atomic mass is 9.59. The molecule has 2 nitrogen and oxygen atoms in total. The van der Waals surface area contributed by atoms with E-state index in [-0.39, 0.29) is 29.6 Å². The van der Waals surface area contributed by atoms with Gasteiger partial charge in [0, 0.05) is 17.7 Å². The van der Waals surface area contributed by atoms with Gasteiger partial charge in [0.15, 0.2) is 0 Å². The van der Waals surface area contributed by atoms with Gasteiger partial charge in [0.05, 0.1) is 5.92 Å². The third kappa shape index (κ3) is 5.91. The molecule has 4 heteroatoms. The summed E-state index contributed by atoms with van der Waals surface area (Å²) in [7, 11) is 0. The number of carbonyl (C=O) groups is 1. The SMILES string of the molecule is C=CCCc1c(F)cc(OC(=O)C2CCCC3CC(C4CCC(CCC)CC4)CCC32)cc1F. The lowest BCUT2D eigenvalue weighted by Gasteiger charge is -2.46. The van der Waals surface area contributed by atoms with Gasteiger partial charge in [0.2, 0.25) is 0 Å². The van der Waals surface area contributed by atoms with E-state index in [0.717, 1.165) is 49.1 Å². The summed E-state index contributed by atoms with van der Waals surface area (Å²) in [6.45, 7) is 5.90. The Kier molecular flexibility index (Phi) is 8.82. The number of hydrogen-bond donors (Lipinski definition) is 0. The zero-order valence-corrected chi connectivity index (χ0v) is 20.9. The first-order valence-corrected chi connectivity index (χ1v) is 13.8. The highest BCUT2D eigenvalue weighted by Crippen LogP contribution is 2.50. The van der Waals surface area contributed by atoms with Gasteiger partial charge in [-0.2, -0.15) is 0 Å². The Balaban J connectivity index is 1.34. The summed E-state index contributed by atoms with van der Waals surface area (Å²) in [5, 5.41) is 0. The van der Waals surface area contributed by atoms with Gasteiger partial charge in [-0.05, 0) is 81.0 Å². The molecule has 0 aliphatic heterocycles. The summed E-state index contributed by atoms with van der Waals surface area (Å²) >= 11 is 0. The summed E-state index contributed by atoms with van der Waals surface area (Å²) in [6.07, 6.45) is 17.3. The zero-order valence-electron chi connectivity index (χ0n) is 20.9. The minimum atomic E-state index is -0.652. The van der Waals surface area contributed by atoms with Crippen LogP contribution in [0.4, 0.5) is 8.78 Å². The van der Waals surface area contributed by atoms with E-state index in [0.29, 0.717) is 18.3 Å². The van der Waals surface area contributed by atoms with E-state index in [2.05, 4.69) is 13.5 Å². The molecular weight excluding hydrogens is 430 g/mol. The number of benzene rings is 1. The van der Waals surface area contributed by atoms with Gasteiger partial charge in [0.25, 0.3) is 0 Å². The van der Waals surface area contributed by atoms with Crippen LogP contribution in [0.3, 0.4) is 0 Å². The molecule has 0 aromatic heterocycles. The van der Waals surface area contributed by atoms with Gasteiger partial charge in [-0.15, -0.1) is 6.58 Å². The molecule has 4 atom stereocenters. The molecule has 3 aliphatic rings. The molecule has 3 aliphatic carbocycles. The van der Waals surface area contributed by atoms with Crippen LogP contribution in [0.1, 0.15) is 96.0 Å². The molecule has 0 amide bonds. The average molecular weight is 473 g/mol. The first-order valence-electron chi connectivity index (χ1n) is 13.8. The van der Waals surface area contributed by atoms with Gasteiger partial charge in [-0.1, -0.05) is 51.5 Å². The number of rotatable bonds is 8. The Labute approximate surface area is 204 Å². The van der Waals surface area contributed by atoms with Gasteiger partial charge in [-0.3, -0.25) is 4.79 Å². The molecule has 3 fully saturated rings. The van der Waals surface area contributed by atoms with Crippen molar-refractivity contribution in [3.8, 4) is 5.75 Å². The standard InChI is InChI=1S/C30H42F2O2/c1-3-5-9-27-28(31)18-24(19-29(27)32)34-30(33)26-10-6-8-23-17-22(15-16-25(23)26)21-13-11-20(7-4-2)12-14-21/h3,18-23,25-26H,1,4-17H2,2H3. The van der Waals surface area contributed by atoms with Gasteiger partial charge in [-0.25, -0.2) is 8.78 Å². The van der Waals surface area contributed by atoms with Crippen LogP contribution in [-0.4, -0.2) is 5.97 Å². The lowest BCUT2D eigenvalue weighted by molar-refractivity contribution is -0.144. The average Bonchev–Trinajstić information content (AvgIpc) is 2.83. The number of esters is 1. The number of hydrogen-bond acceptors (Lipinski definition) is 2. The van der Waals surface area contributed by atoms with Crippen molar-refractivity contribution < 1.29 is 18.3 Å². The van der Waals surface area contributed by atoms with E-state index in [1.165, 1.54) is 57.8 Å². The molecule has 0 saturated heterocycles. The maximum Gasteiger partial charge on any atom is 0.314 e. The van der Waals surface area contributed by atoms with Crippen molar-refractivity contribution in [3.05, 3.63) is 42.0 Å². The summed E-state index contributed by atoms with van der Waals surface area (Å²) < 4.78 is 34.4. The topological polar surface area (TPSA) is 26.3 Å². The number of ether oxygens (including phenoxy) is 1. The maximum absolute atomic E-state index is 14.4. The van der Waals surface area contributed by atoms with Gasteiger partial charge >= 0.3 is 5.97 Å². The van der Waals surface area contributed by atoms with E-state index in [1.807, 2.05) is 0 Å². The van der Waals surface area contributed by atoms with Gasteiger partial charge in [0.1, 0.15) is 17.4 Å². The Hall–Kier alpha value is -1.71. The van der Waals surface area contributed by atoms with Crippen molar-refractivity contribution >= 4 is 5.97 Å². The van der Waals surface area contributed by atoms with E-state index >= 15 is 0 Å². The first-order chi connectivity index (χ1) is 16.5. The molecule has 1 aromatic rings. The maximum atomic E-state index is 14.4. The summed E-state index contributed by atoms with van der Waals surface area (Å²) in [5.41, 5.74) is 0.0273. The summed E-state index contributed by atoms with van der Waals surface area (Å²) in [5.74, 6) is 1.80. The monoisotopic (exact) mass is 472 g/mol. The van der Waals surface area contributed by atoms with E-state index in [9.17, 15) is 13.6 Å². The number of halogens is 2. The minimum Gasteiger partial charge on any atom is -0.426 e. The Morgan fingerprint density at radius 2 is 1.71 bits per heavy atom. The van der Waals surface area contributed by atoms with Crippen LogP contribution in [-0.2, 0) is 11.2 Å². The summed E-state index contributed by atoms with van der Waals surface area (Å²) in [4.78, 5) is 13.1. The smallest absolute Gasteiger partial charge is 0.314 e. The van der Waals surface area contributed by atoms with Gasteiger partial charge < -0.3 is 4.74 Å². The largest absolute Gasteiger partial charge is 0.426 e. The molecule has 0 N–H and O–H groups in total. The molecule has 0 bridgehead atoms. The number of carbonyl (C=O) groups excluding carboxylic acids is 1. The van der Waals surface area contributed by atoms with E-state index in [1.54, 1.807) is 6.08 Å². The van der Waals surface area contributed by atoms with Crippen molar-refractivity contribution in [1.82, 2.24) is 0 Å². The minimum absolute atomic E-state index is 0.0120. The highest BCUT2D eigenvalue weighted by molar-refractivity contribution is 5.75. The van der Waals surface area contributed by atoms with Crippen molar-refractivity contribution in [2.45, 2.75) is 96.8 Å². The van der Waals surface area contributed by atoms with Crippen molar-refractivity contribution in [1.29, 1.82) is 0 Å². The molecular formula is C30H42F2O2. The number of allylic oxidation sites excluding steroid dienone is 1. The van der Waals surface area contributed by atoms with Crippen LogP contribution >= 0.6 is 0 Å². The number of fused-ring (bicyclic) bond motifs is 1. The predicted molar refractivity (Wildman–Crippen MR) is 133 cm³/mol. The summed E-state index contributed by atoms with van der Waals surface area (Å²) in [6, 6.07) is 2.32. The molecule has 188 valence electrons. The highest BCUT2D eigenvalue weighted by atomic mass is 19.1. The molecule has 34 heavy (non-hydrogen) atoms. The second-order valence-corrected chi connectivity index (χ2v) is 11.2. The van der Waals surface area contributed by atoms with E-state index < -0.39 is 11.6 Å². The highest BCUT2D eigenvalue weighted by Gasteiger charge is 2.43. The third-order valence-corrected chi connectivity index (χ3v) is 9.18. The fraction of sp³-hybridized carbons (Fsp3) is 0.700. The van der Waals surface area contributed by atoms with Crippen molar-refractivity contribution in [3.63, 3.8) is 0 Å². The molecule has 0 spiro atoms. The first kappa shape index (κ1) is 25.4. The molecule has 4 unspecified atom stereocenters. The molecule has 3 saturated carbocycles. The second kappa shape index (κ2) is 11.8. The molecule has 0 radical (unpaired) electrons. The van der Waals surface area contributed by atoms with Crippen LogP contribution in [0.25, 0.3) is 0 Å². The Morgan fingerprint density at radius 3 is 2.38 bits per heavy atom. The van der Waals surface area contributed by atoms with Crippen LogP contribution in [0.15, 0.2) is 24.8 Å². The van der Waals surface area contributed by atoms with Crippen LogP contribution in [0, 0.1) is 47.1 Å². The van der Waals surface area contributed by atoms with Crippen LogP contribution in [0.5, 0.6) is 5.75 Å². The Morgan fingerprint density at radius 1 is 1.00 bits per heavy atom. The Bertz CT molecular complexity index is 819. The van der Waals surface area contributed by atoms with Crippen molar-refractivity contribution in [2.24, 2.45) is 35.5 Å². The molecule has 4 rings (SSSR count). The molecule has 1 aromatic carbocycles. The fourth-order valence-electron chi connectivity index (χ4n) is 7.39. The van der Waals surface area contributed by atoms with Crippen molar-refractivity contribution in [2.75, 3.05) is 0 Å². The van der Waals surface area contributed by atoms with Crippen LogP contribution in [0.2, 0.25) is 0 Å². The zero-order chi connectivity index (χ0) is 24.1. The fourth-order valence-corrected chi connectivity index (χ4v) is 7.39. The normalized spacial score (nSPS) is 31.5. The second-order valence-electron chi connectivity index (χ2n) is 11.2. The predicted octanol–water partition coefficient (Wildman–Crippen LogP) is 8.43. The van der Waals surface area contributed by atoms with Crippen LogP contribution < -0.4 is 4.74 Å². The van der Waals surface area contributed by atoms with E-state index in [4.69, 9.17) is 4.74 Å².